The lowest BCUT2D eigenvalue weighted by Gasteiger charge is -2.12. The van der Waals surface area contributed by atoms with Crippen molar-refractivity contribution in [2.75, 3.05) is 21.3 Å². The van der Waals surface area contributed by atoms with Gasteiger partial charge in [0.25, 0.3) is 5.69 Å². The van der Waals surface area contributed by atoms with E-state index in [1.165, 1.54) is 39.5 Å². The van der Waals surface area contributed by atoms with Gasteiger partial charge in [0, 0.05) is 24.3 Å². The summed E-state index contributed by atoms with van der Waals surface area (Å²) in [7, 11) is 4.48. The summed E-state index contributed by atoms with van der Waals surface area (Å²) in [5.41, 5.74) is -0.0765. The molecule has 0 N–H and O–H groups in total. The number of non-ortho nitro benzene ring substituents is 1. The molecule has 7 nitrogen and oxygen atoms in total. The predicted octanol–water partition coefficient (Wildman–Crippen LogP) is 3.41. The lowest BCUT2D eigenvalue weighted by molar-refractivity contribution is -0.384. The van der Waals surface area contributed by atoms with Crippen molar-refractivity contribution < 1.29 is 23.9 Å². The van der Waals surface area contributed by atoms with Crippen LogP contribution >= 0.6 is 0 Å². The summed E-state index contributed by atoms with van der Waals surface area (Å²) in [5.74, 6) is 2.20. The molecule has 0 heterocycles. The van der Waals surface area contributed by atoms with Gasteiger partial charge in [-0.2, -0.15) is 0 Å². The third-order valence-corrected chi connectivity index (χ3v) is 2.91. The van der Waals surface area contributed by atoms with Crippen LogP contribution in [-0.2, 0) is 0 Å². The minimum absolute atomic E-state index is 0.0765. The molecule has 0 unspecified atom stereocenters. The number of ether oxygens (including phenoxy) is 4. The quantitative estimate of drug-likeness (QED) is 0.601. The normalized spacial score (nSPS) is 9.95. The van der Waals surface area contributed by atoms with Gasteiger partial charge in [-0.05, 0) is 6.07 Å². The van der Waals surface area contributed by atoms with Crippen LogP contribution in [0.2, 0.25) is 0 Å². The Bertz CT molecular complexity index is 663. The van der Waals surface area contributed by atoms with Crippen LogP contribution in [0.1, 0.15) is 0 Å². The molecule has 0 saturated heterocycles. The first kappa shape index (κ1) is 15.4. The fraction of sp³-hybridized carbons (Fsp3) is 0.200. The second-order valence-corrected chi connectivity index (χ2v) is 4.24. The molecule has 0 saturated carbocycles. The second-order valence-electron chi connectivity index (χ2n) is 4.24. The first-order valence-electron chi connectivity index (χ1n) is 6.30. The molecule has 116 valence electrons. The topological polar surface area (TPSA) is 80.1 Å². The van der Waals surface area contributed by atoms with Gasteiger partial charge in [-0.1, -0.05) is 0 Å². The third kappa shape index (κ3) is 3.38. The summed E-state index contributed by atoms with van der Waals surface area (Å²) >= 11 is 0. The number of nitro benzene ring substituents is 1. The number of hydrogen-bond acceptors (Lipinski definition) is 6. The van der Waals surface area contributed by atoms with Crippen molar-refractivity contribution in [2.24, 2.45) is 0 Å². The molecule has 0 atom stereocenters. The first-order valence-corrected chi connectivity index (χ1v) is 6.30. The summed E-state index contributed by atoms with van der Waals surface area (Å²) in [6, 6.07) is 9.16. The number of rotatable bonds is 6. The van der Waals surface area contributed by atoms with Crippen LogP contribution in [0.4, 0.5) is 5.69 Å². The van der Waals surface area contributed by atoms with Crippen molar-refractivity contribution in [1.29, 1.82) is 0 Å². The van der Waals surface area contributed by atoms with Crippen LogP contribution in [0.3, 0.4) is 0 Å². The van der Waals surface area contributed by atoms with Gasteiger partial charge in [0.05, 0.1) is 32.3 Å². The lowest BCUT2D eigenvalue weighted by Crippen LogP contribution is -1.94. The van der Waals surface area contributed by atoms with E-state index in [0.29, 0.717) is 23.0 Å². The molecule has 0 fully saturated rings. The number of nitrogens with zero attached hydrogens (tertiary/aromatic N) is 1. The van der Waals surface area contributed by atoms with Crippen LogP contribution < -0.4 is 18.9 Å². The zero-order valence-electron chi connectivity index (χ0n) is 12.4. The Balaban J connectivity index is 2.36. The summed E-state index contributed by atoms with van der Waals surface area (Å²) < 4.78 is 21.2. The summed E-state index contributed by atoms with van der Waals surface area (Å²) in [6.45, 7) is 0. The van der Waals surface area contributed by atoms with Crippen LogP contribution in [0, 0.1) is 10.1 Å². The fourth-order valence-corrected chi connectivity index (χ4v) is 1.82. The maximum atomic E-state index is 10.8. The van der Waals surface area contributed by atoms with Crippen LogP contribution in [0.15, 0.2) is 36.4 Å². The fourth-order valence-electron chi connectivity index (χ4n) is 1.82. The Labute approximate surface area is 127 Å². The second kappa shape index (κ2) is 6.66. The van der Waals surface area contributed by atoms with Crippen molar-refractivity contribution in [3.8, 4) is 28.7 Å². The monoisotopic (exact) mass is 305 g/mol. The predicted molar refractivity (Wildman–Crippen MR) is 79.3 cm³/mol. The minimum Gasteiger partial charge on any atom is -0.496 e. The van der Waals surface area contributed by atoms with Crippen LogP contribution in [0.5, 0.6) is 28.7 Å². The number of methoxy groups -OCH3 is 3. The number of hydrogen-bond donors (Lipinski definition) is 0. The molecule has 0 aliphatic heterocycles. The van der Waals surface area contributed by atoms with E-state index < -0.39 is 4.92 Å². The van der Waals surface area contributed by atoms with Gasteiger partial charge in [-0.3, -0.25) is 10.1 Å². The smallest absolute Gasteiger partial charge is 0.273 e. The summed E-state index contributed by atoms with van der Waals surface area (Å²) in [6.07, 6.45) is 0. The Morgan fingerprint density at radius 2 is 1.41 bits per heavy atom. The van der Waals surface area contributed by atoms with E-state index in [4.69, 9.17) is 18.9 Å². The van der Waals surface area contributed by atoms with Gasteiger partial charge < -0.3 is 18.9 Å². The molecule has 2 aromatic carbocycles. The van der Waals surface area contributed by atoms with Gasteiger partial charge in [-0.25, -0.2) is 0 Å². The van der Waals surface area contributed by atoms with Gasteiger partial charge in [-0.15, -0.1) is 0 Å². The highest BCUT2D eigenvalue weighted by molar-refractivity contribution is 5.51. The molecule has 0 amide bonds. The van der Waals surface area contributed by atoms with Crippen molar-refractivity contribution in [1.82, 2.24) is 0 Å². The van der Waals surface area contributed by atoms with Crippen molar-refractivity contribution in [3.63, 3.8) is 0 Å². The van der Waals surface area contributed by atoms with Crippen molar-refractivity contribution >= 4 is 5.69 Å². The highest BCUT2D eigenvalue weighted by Gasteiger charge is 2.14. The molecular formula is C15H15NO6. The zero-order valence-corrected chi connectivity index (χ0v) is 12.4. The molecule has 0 spiro atoms. The minimum atomic E-state index is -0.499. The van der Waals surface area contributed by atoms with E-state index >= 15 is 0 Å². The van der Waals surface area contributed by atoms with Gasteiger partial charge in [0.2, 0.25) is 0 Å². The molecule has 0 aliphatic carbocycles. The molecule has 0 aliphatic rings. The standard InChI is InChI=1S/C15H15NO6/c1-19-11-7-12(20-2)9-13(8-11)22-14-5-4-10(16(17)18)6-15(14)21-3/h4-9H,1-3H3. The molecule has 7 heteroatoms. The van der Waals surface area contributed by atoms with E-state index in [-0.39, 0.29) is 11.4 Å². The Hall–Kier alpha value is -2.96. The highest BCUT2D eigenvalue weighted by Crippen LogP contribution is 2.37. The summed E-state index contributed by atoms with van der Waals surface area (Å²) in [5, 5.41) is 10.8. The largest absolute Gasteiger partial charge is 0.496 e. The molecule has 0 aromatic heterocycles. The van der Waals surface area contributed by atoms with E-state index in [1.807, 2.05) is 0 Å². The van der Waals surface area contributed by atoms with Crippen molar-refractivity contribution in [3.05, 3.63) is 46.5 Å². The summed E-state index contributed by atoms with van der Waals surface area (Å²) in [4.78, 5) is 10.3. The molecule has 2 rings (SSSR count). The highest BCUT2D eigenvalue weighted by atomic mass is 16.6. The molecule has 22 heavy (non-hydrogen) atoms. The van der Waals surface area contributed by atoms with E-state index in [0.717, 1.165) is 0 Å². The third-order valence-electron chi connectivity index (χ3n) is 2.91. The average molecular weight is 305 g/mol. The zero-order chi connectivity index (χ0) is 16.1. The van der Waals surface area contributed by atoms with Gasteiger partial charge in [0.1, 0.15) is 17.2 Å². The van der Waals surface area contributed by atoms with E-state index in [9.17, 15) is 10.1 Å². The van der Waals surface area contributed by atoms with E-state index in [1.54, 1.807) is 18.2 Å². The SMILES string of the molecule is COc1cc(OC)cc(Oc2ccc([N+](=O)[O-])cc2OC)c1. The molecule has 0 radical (unpaired) electrons. The number of nitro groups is 1. The molecule has 2 aromatic rings. The first-order chi connectivity index (χ1) is 10.6. The maximum absolute atomic E-state index is 10.8. The Morgan fingerprint density at radius 3 is 1.91 bits per heavy atom. The maximum Gasteiger partial charge on any atom is 0.273 e. The van der Waals surface area contributed by atoms with Crippen LogP contribution in [0.25, 0.3) is 0 Å². The van der Waals surface area contributed by atoms with Gasteiger partial charge >= 0.3 is 0 Å². The Morgan fingerprint density at radius 1 is 0.818 bits per heavy atom. The lowest BCUT2D eigenvalue weighted by atomic mass is 10.2. The van der Waals surface area contributed by atoms with Gasteiger partial charge in [0.15, 0.2) is 11.5 Å². The molecular weight excluding hydrogens is 290 g/mol. The Kier molecular flexibility index (Phi) is 4.67. The number of benzene rings is 2. The average Bonchev–Trinajstić information content (AvgIpc) is 2.54. The van der Waals surface area contributed by atoms with Crippen LogP contribution in [-0.4, -0.2) is 26.3 Å². The molecule has 0 bridgehead atoms. The van der Waals surface area contributed by atoms with E-state index in [2.05, 4.69) is 0 Å². The van der Waals surface area contributed by atoms with Crippen molar-refractivity contribution in [2.45, 2.75) is 0 Å².